The van der Waals surface area contributed by atoms with Gasteiger partial charge in [-0.3, -0.25) is 10.1 Å². The average molecular weight is 330 g/mol. The molecule has 7 heteroatoms. The summed E-state index contributed by atoms with van der Waals surface area (Å²) in [6, 6.07) is 6.32. The Kier molecular flexibility index (Phi) is 4.96. The van der Waals surface area contributed by atoms with Crippen LogP contribution in [0.15, 0.2) is 23.6 Å². The van der Waals surface area contributed by atoms with Gasteiger partial charge in [0.25, 0.3) is 5.69 Å². The summed E-state index contributed by atoms with van der Waals surface area (Å²) in [5.74, 6) is 0. The normalized spacial score (nSPS) is 11.0. The molecule has 2 rings (SSSR count). The van der Waals surface area contributed by atoms with E-state index in [0.717, 1.165) is 10.7 Å². The third-order valence-corrected chi connectivity index (χ3v) is 4.53. The highest BCUT2D eigenvalue weighted by atomic mass is 32.1. The minimum absolute atomic E-state index is 0.0300. The fourth-order valence-electron chi connectivity index (χ4n) is 1.99. The number of hydrogen-bond acceptors (Lipinski definition) is 6. The van der Waals surface area contributed by atoms with Gasteiger partial charge in [0, 0.05) is 29.8 Å². The molecule has 0 saturated heterocycles. The minimum atomic E-state index is -0.482. The lowest BCUT2D eigenvalue weighted by molar-refractivity contribution is -0.384. The van der Waals surface area contributed by atoms with E-state index < -0.39 is 4.92 Å². The summed E-state index contributed by atoms with van der Waals surface area (Å²) in [5.41, 5.74) is 1.61. The number of benzene rings is 1. The van der Waals surface area contributed by atoms with Gasteiger partial charge in [0.2, 0.25) is 0 Å². The van der Waals surface area contributed by atoms with Crippen LogP contribution in [0.5, 0.6) is 0 Å². The molecule has 1 heterocycles. The summed E-state index contributed by atoms with van der Waals surface area (Å²) in [6.45, 7) is 6.90. The number of rotatable bonds is 5. The maximum Gasteiger partial charge on any atom is 0.293 e. The molecule has 0 amide bonds. The number of anilines is 1. The Hall–Kier alpha value is -2.46. The molecule has 0 saturated carbocycles. The molecule has 0 radical (unpaired) electrons. The fourth-order valence-corrected chi connectivity index (χ4v) is 2.93. The van der Waals surface area contributed by atoms with Crippen LogP contribution in [-0.4, -0.2) is 16.5 Å². The molecule has 6 nitrogen and oxygen atoms in total. The molecule has 0 spiro atoms. The Labute approximate surface area is 138 Å². The Bertz CT molecular complexity index is 756. The summed E-state index contributed by atoms with van der Waals surface area (Å²) in [7, 11) is 0. The largest absolute Gasteiger partial charge is 0.379 e. The van der Waals surface area contributed by atoms with Crippen molar-refractivity contribution in [3.05, 3.63) is 50.0 Å². The summed E-state index contributed by atoms with van der Waals surface area (Å²) < 4.78 is 0. The Morgan fingerprint density at radius 3 is 2.74 bits per heavy atom. The molecule has 0 fully saturated rings. The molecule has 0 aliphatic carbocycles. The van der Waals surface area contributed by atoms with Gasteiger partial charge in [0.05, 0.1) is 27.3 Å². The van der Waals surface area contributed by atoms with Crippen LogP contribution in [0.25, 0.3) is 0 Å². The van der Waals surface area contributed by atoms with Crippen molar-refractivity contribution in [2.75, 3.05) is 11.9 Å². The third kappa shape index (κ3) is 4.27. The smallest absolute Gasteiger partial charge is 0.293 e. The fraction of sp³-hybridized carbons (Fsp3) is 0.375. The molecule has 0 atom stereocenters. The topological polar surface area (TPSA) is 91.8 Å². The van der Waals surface area contributed by atoms with Crippen molar-refractivity contribution in [2.45, 2.75) is 32.6 Å². The van der Waals surface area contributed by atoms with E-state index in [2.05, 4.69) is 31.1 Å². The third-order valence-electron chi connectivity index (χ3n) is 3.21. The molecule has 1 aromatic heterocycles. The Morgan fingerprint density at radius 2 is 2.17 bits per heavy atom. The molecule has 23 heavy (non-hydrogen) atoms. The maximum atomic E-state index is 11.1. The summed E-state index contributed by atoms with van der Waals surface area (Å²) >= 11 is 1.63. The molecule has 0 bridgehead atoms. The zero-order valence-electron chi connectivity index (χ0n) is 13.3. The highest BCUT2D eigenvalue weighted by Gasteiger charge is 2.18. The minimum Gasteiger partial charge on any atom is -0.379 e. The first-order valence-electron chi connectivity index (χ1n) is 7.18. The molecule has 120 valence electrons. The highest BCUT2D eigenvalue weighted by molar-refractivity contribution is 7.09. The lowest BCUT2D eigenvalue weighted by Gasteiger charge is -2.13. The number of nitrogens with one attached hydrogen (secondary N) is 1. The lowest BCUT2D eigenvalue weighted by Crippen LogP contribution is -2.11. The van der Waals surface area contributed by atoms with Crippen LogP contribution in [0.1, 0.15) is 37.0 Å². The highest BCUT2D eigenvalue weighted by Crippen LogP contribution is 2.27. The van der Waals surface area contributed by atoms with Crippen LogP contribution in [0, 0.1) is 21.4 Å². The van der Waals surface area contributed by atoms with Crippen LogP contribution in [0.4, 0.5) is 11.4 Å². The number of aromatic nitrogens is 1. The van der Waals surface area contributed by atoms with Crippen LogP contribution < -0.4 is 5.32 Å². The molecule has 1 N–H and O–H groups in total. The summed E-state index contributed by atoms with van der Waals surface area (Å²) in [4.78, 5) is 15.2. The van der Waals surface area contributed by atoms with Gasteiger partial charge in [-0.1, -0.05) is 20.8 Å². The predicted octanol–water partition coefficient (Wildman–Crippen LogP) is 3.88. The number of nitro groups is 1. The van der Waals surface area contributed by atoms with Crippen LogP contribution in [0.2, 0.25) is 0 Å². The molecule has 0 aliphatic rings. The number of nitro benzene ring substituents is 1. The molecule has 0 aliphatic heterocycles. The van der Waals surface area contributed by atoms with Crippen LogP contribution >= 0.6 is 11.3 Å². The van der Waals surface area contributed by atoms with Crippen LogP contribution in [-0.2, 0) is 11.8 Å². The van der Waals surface area contributed by atoms with Crippen molar-refractivity contribution in [2.24, 2.45) is 0 Å². The van der Waals surface area contributed by atoms with Gasteiger partial charge in [-0.25, -0.2) is 4.98 Å². The Balaban J connectivity index is 2.03. The van der Waals surface area contributed by atoms with Gasteiger partial charge in [-0.05, 0) is 12.1 Å². The second kappa shape index (κ2) is 6.75. The van der Waals surface area contributed by atoms with Crippen molar-refractivity contribution in [1.82, 2.24) is 4.98 Å². The van der Waals surface area contributed by atoms with Gasteiger partial charge in [-0.2, -0.15) is 5.26 Å². The second-order valence-corrected chi connectivity index (χ2v) is 7.03. The van der Waals surface area contributed by atoms with E-state index >= 15 is 0 Å². The van der Waals surface area contributed by atoms with Crippen molar-refractivity contribution >= 4 is 22.7 Å². The van der Waals surface area contributed by atoms with Gasteiger partial charge < -0.3 is 5.32 Å². The first kappa shape index (κ1) is 16.9. The molecule has 1 aromatic carbocycles. The SMILES string of the molecule is CC(C)(C)c1nc(CCNc2ccc(C#N)cc2[N+](=O)[O-])cs1. The van der Waals surface area contributed by atoms with E-state index in [0.29, 0.717) is 18.7 Å². The number of hydrogen-bond donors (Lipinski definition) is 1. The van der Waals surface area contributed by atoms with E-state index in [4.69, 9.17) is 5.26 Å². The zero-order valence-corrected chi connectivity index (χ0v) is 14.1. The van der Waals surface area contributed by atoms with Gasteiger partial charge in [0.15, 0.2) is 0 Å². The monoisotopic (exact) mass is 330 g/mol. The van der Waals surface area contributed by atoms with E-state index in [9.17, 15) is 10.1 Å². The van der Waals surface area contributed by atoms with Crippen molar-refractivity contribution in [1.29, 1.82) is 5.26 Å². The molecular formula is C16H18N4O2S. The van der Waals surface area contributed by atoms with Gasteiger partial charge in [-0.15, -0.1) is 11.3 Å². The Morgan fingerprint density at radius 1 is 1.43 bits per heavy atom. The van der Waals surface area contributed by atoms with E-state index in [-0.39, 0.29) is 16.7 Å². The number of nitriles is 1. The first-order valence-corrected chi connectivity index (χ1v) is 8.06. The maximum absolute atomic E-state index is 11.1. The van der Waals surface area contributed by atoms with E-state index in [1.165, 1.54) is 6.07 Å². The van der Waals surface area contributed by atoms with Crippen molar-refractivity contribution in [3.8, 4) is 6.07 Å². The first-order chi connectivity index (χ1) is 10.8. The number of nitrogens with zero attached hydrogens (tertiary/aromatic N) is 3. The van der Waals surface area contributed by atoms with Crippen molar-refractivity contribution < 1.29 is 4.92 Å². The predicted molar refractivity (Wildman–Crippen MR) is 90.8 cm³/mol. The molecular weight excluding hydrogens is 312 g/mol. The molecule has 0 unspecified atom stereocenters. The second-order valence-electron chi connectivity index (χ2n) is 6.17. The molecule has 2 aromatic rings. The van der Waals surface area contributed by atoms with Gasteiger partial charge in [0.1, 0.15) is 5.69 Å². The average Bonchev–Trinajstić information content (AvgIpc) is 2.96. The van der Waals surface area contributed by atoms with E-state index in [1.807, 2.05) is 11.4 Å². The zero-order chi connectivity index (χ0) is 17.0. The summed E-state index contributed by atoms with van der Waals surface area (Å²) in [6.07, 6.45) is 0.684. The quantitative estimate of drug-likeness (QED) is 0.663. The van der Waals surface area contributed by atoms with Crippen molar-refractivity contribution in [3.63, 3.8) is 0 Å². The lowest BCUT2D eigenvalue weighted by atomic mass is 9.98. The summed E-state index contributed by atoms with van der Waals surface area (Å²) in [5, 5.41) is 26.1. The number of thiazole rings is 1. The van der Waals surface area contributed by atoms with E-state index in [1.54, 1.807) is 23.5 Å². The standard InChI is InChI=1S/C16H18N4O2S/c1-16(2,3)15-19-12(10-23-15)6-7-18-13-5-4-11(9-17)8-14(13)20(21)22/h4-5,8,10,18H,6-7H2,1-3H3. The van der Waals surface area contributed by atoms with Crippen LogP contribution in [0.3, 0.4) is 0 Å². The van der Waals surface area contributed by atoms with Gasteiger partial charge >= 0.3 is 0 Å².